The zero-order valence-electron chi connectivity index (χ0n) is 10.2. The fourth-order valence-corrected chi connectivity index (χ4v) is 2.11. The van der Waals surface area contributed by atoms with Crippen LogP contribution in [0.15, 0.2) is 18.2 Å². The number of hydrogen-bond donors (Lipinski definition) is 1. The van der Waals surface area contributed by atoms with Crippen molar-refractivity contribution in [2.75, 3.05) is 6.54 Å². The zero-order valence-corrected chi connectivity index (χ0v) is 10.2. The first kappa shape index (κ1) is 13.6. The van der Waals surface area contributed by atoms with E-state index in [-0.39, 0.29) is 36.8 Å². The summed E-state index contributed by atoms with van der Waals surface area (Å²) >= 11 is 0. The van der Waals surface area contributed by atoms with Crippen molar-refractivity contribution in [3.05, 3.63) is 35.4 Å². The summed E-state index contributed by atoms with van der Waals surface area (Å²) in [5, 5.41) is 0. The Bertz CT molecular complexity index is 503. The molecule has 0 saturated carbocycles. The number of carbonyl (C=O) groups is 2. The van der Waals surface area contributed by atoms with Gasteiger partial charge >= 0.3 is 0 Å². The summed E-state index contributed by atoms with van der Waals surface area (Å²) in [7, 11) is 0. The van der Waals surface area contributed by atoms with E-state index < -0.39 is 17.7 Å². The minimum atomic E-state index is -1.04. The van der Waals surface area contributed by atoms with E-state index in [2.05, 4.69) is 0 Å². The fourth-order valence-electron chi connectivity index (χ4n) is 2.11. The van der Waals surface area contributed by atoms with Crippen LogP contribution in [-0.4, -0.2) is 23.3 Å². The van der Waals surface area contributed by atoms with Gasteiger partial charge in [-0.15, -0.1) is 0 Å². The molecule has 1 aromatic carbocycles. The van der Waals surface area contributed by atoms with E-state index in [0.29, 0.717) is 6.42 Å². The van der Waals surface area contributed by atoms with E-state index in [0.717, 1.165) is 11.0 Å². The fraction of sp³-hybridized carbons (Fsp3) is 0.385. The Morgan fingerprint density at radius 2 is 1.84 bits per heavy atom. The van der Waals surface area contributed by atoms with E-state index >= 15 is 0 Å². The monoisotopic (exact) mass is 268 g/mol. The molecule has 1 unspecified atom stereocenters. The van der Waals surface area contributed by atoms with E-state index in [4.69, 9.17) is 5.73 Å². The molecule has 19 heavy (non-hydrogen) atoms. The Hall–Kier alpha value is -1.82. The Morgan fingerprint density at radius 1 is 1.21 bits per heavy atom. The molecule has 0 bridgehead atoms. The second kappa shape index (κ2) is 5.44. The molecule has 2 N–H and O–H groups in total. The quantitative estimate of drug-likeness (QED) is 0.845. The summed E-state index contributed by atoms with van der Waals surface area (Å²) in [6.07, 6.45) is 1.09. The number of hydrogen-bond acceptors (Lipinski definition) is 3. The van der Waals surface area contributed by atoms with Crippen LogP contribution in [0.25, 0.3) is 0 Å². The Kier molecular flexibility index (Phi) is 3.90. The molecule has 0 aliphatic carbocycles. The Labute approximate surface area is 109 Å². The molecular weight excluding hydrogens is 254 g/mol. The topological polar surface area (TPSA) is 63.4 Å². The second-order valence-corrected chi connectivity index (χ2v) is 4.50. The Morgan fingerprint density at radius 3 is 2.47 bits per heavy atom. The van der Waals surface area contributed by atoms with Gasteiger partial charge in [0.05, 0.1) is 6.04 Å². The summed E-state index contributed by atoms with van der Waals surface area (Å²) in [4.78, 5) is 24.2. The van der Waals surface area contributed by atoms with Gasteiger partial charge in [-0.3, -0.25) is 14.5 Å². The van der Waals surface area contributed by atoms with Crippen molar-refractivity contribution in [1.29, 1.82) is 0 Å². The number of nitrogens with two attached hydrogens (primary N) is 1. The molecule has 1 aliphatic rings. The molecule has 0 aromatic heterocycles. The normalized spacial score (nSPS) is 17.7. The highest BCUT2D eigenvalue weighted by molar-refractivity contribution is 5.97. The first-order chi connectivity index (χ1) is 9.00. The lowest BCUT2D eigenvalue weighted by Crippen LogP contribution is -2.44. The van der Waals surface area contributed by atoms with Crippen LogP contribution in [0.1, 0.15) is 30.9 Å². The SMILES string of the molecule is NC(CN1C(=O)CCCC1=O)c1cccc(F)c1F. The molecular formula is C13H14F2N2O2. The van der Waals surface area contributed by atoms with Gasteiger partial charge in [0.2, 0.25) is 11.8 Å². The highest BCUT2D eigenvalue weighted by Gasteiger charge is 2.28. The molecule has 0 radical (unpaired) electrons. The molecule has 102 valence electrons. The van der Waals surface area contributed by atoms with Crippen molar-refractivity contribution in [3.8, 4) is 0 Å². The van der Waals surface area contributed by atoms with Crippen LogP contribution >= 0.6 is 0 Å². The lowest BCUT2D eigenvalue weighted by Gasteiger charge is -2.27. The molecule has 1 aliphatic heterocycles. The van der Waals surface area contributed by atoms with E-state index in [1.807, 2.05) is 0 Å². The number of amides is 2. The third-order valence-corrected chi connectivity index (χ3v) is 3.14. The van der Waals surface area contributed by atoms with E-state index in [1.165, 1.54) is 12.1 Å². The predicted octanol–water partition coefficient (Wildman–Crippen LogP) is 1.50. The standard InChI is InChI=1S/C13H14F2N2O2/c14-9-4-1-3-8(13(9)15)10(16)7-17-11(18)5-2-6-12(17)19/h1,3-4,10H,2,5-7,16H2. The summed E-state index contributed by atoms with van der Waals surface area (Å²) in [6, 6.07) is 2.75. The molecule has 1 fully saturated rings. The van der Waals surface area contributed by atoms with Crippen molar-refractivity contribution in [2.45, 2.75) is 25.3 Å². The third kappa shape index (κ3) is 2.78. The number of likely N-dealkylation sites (tertiary alicyclic amines) is 1. The predicted molar refractivity (Wildman–Crippen MR) is 63.9 cm³/mol. The minimum absolute atomic E-state index is 0.0360. The van der Waals surface area contributed by atoms with Gasteiger partial charge in [0.1, 0.15) is 0 Å². The van der Waals surface area contributed by atoms with Gasteiger partial charge in [-0.2, -0.15) is 0 Å². The zero-order chi connectivity index (χ0) is 14.0. The van der Waals surface area contributed by atoms with Crippen LogP contribution in [0.2, 0.25) is 0 Å². The van der Waals surface area contributed by atoms with Crippen LogP contribution in [0.5, 0.6) is 0 Å². The molecule has 2 rings (SSSR count). The van der Waals surface area contributed by atoms with E-state index in [1.54, 1.807) is 0 Å². The molecule has 0 spiro atoms. The minimum Gasteiger partial charge on any atom is -0.322 e. The largest absolute Gasteiger partial charge is 0.322 e. The average Bonchev–Trinajstić information content (AvgIpc) is 2.37. The van der Waals surface area contributed by atoms with Crippen LogP contribution in [0.3, 0.4) is 0 Å². The third-order valence-electron chi connectivity index (χ3n) is 3.14. The maximum atomic E-state index is 13.6. The first-order valence-corrected chi connectivity index (χ1v) is 6.03. The number of benzene rings is 1. The number of rotatable bonds is 3. The summed E-state index contributed by atoms with van der Waals surface area (Å²) < 4.78 is 26.7. The van der Waals surface area contributed by atoms with Gasteiger partial charge in [-0.05, 0) is 12.5 Å². The molecule has 1 atom stereocenters. The summed E-state index contributed by atoms with van der Waals surface area (Å²) in [5.41, 5.74) is 5.73. The van der Waals surface area contributed by atoms with E-state index in [9.17, 15) is 18.4 Å². The second-order valence-electron chi connectivity index (χ2n) is 4.50. The highest BCUT2D eigenvalue weighted by Crippen LogP contribution is 2.21. The molecule has 1 aromatic rings. The van der Waals surface area contributed by atoms with Gasteiger partial charge in [0, 0.05) is 24.9 Å². The van der Waals surface area contributed by atoms with Crippen LogP contribution in [0.4, 0.5) is 8.78 Å². The molecule has 1 saturated heterocycles. The maximum Gasteiger partial charge on any atom is 0.229 e. The molecule has 4 nitrogen and oxygen atoms in total. The Balaban J connectivity index is 2.16. The van der Waals surface area contributed by atoms with Crippen molar-refractivity contribution < 1.29 is 18.4 Å². The first-order valence-electron chi connectivity index (χ1n) is 6.03. The number of carbonyl (C=O) groups excluding carboxylic acids is 2. The van der Waals surface area contributed by atoms with Crippen LogP contribution in [0, 0.1) is 11.6 Å². The lowest BCUT2D eigenvalue weighted by molar-refractivity contribution is -0.148. The molecule has 1 heterocycles. The van der Waals surface area contributed by atoms with Crippen molar-refractivity contribution >= 4 is 11.8 Å². The molecule has 6 heteroatoms. The highest BCUT2D eigenvalue weighted by atomic mass is 19.2. The van der Waals surface area contributed by atoms with Crippen molar-refractivity contribution in [3.63, 3.8) is 0 Å². The van der Waals surface area contributed by atoms with Crippen molar-refractivity contribution in [2.24, 2.45) is 5.73 Å². The van der Waals surface area contributed by atoms with Gasteiger partial charge < -0.3 is 5.73 Å². The smallest absolute Gasteiger partial charge is 0.229 e. The number of imide groups is 1. The van der Waals surface area contributed by atoms with Crippen molar-refractivity contribution in [1.82, 2.24) is 4.90 Å². The van der Waals surface area contributed by atoms with Gasteiger partial charge in [-0.1, -0.05) is 12.1 Å². The number of piperidine rings is 1. The maximum absolute atomic E-state index is 13.6. The number of nitrogens with zero attached hydrogens (tertiary/aromatic N) is 1. The van der Waals surface area contributed by atoms with Crippen LogP contribution in [-0.2, 0) is 9.59 Å². The number of halogens is 2. The summed E-state index contributed by atoms with van der Waals surface area (Å²) in [5.74, 6) is -2.66. The average molecular weight is 268 g/mol. The van der Waals surface area contributed by atoms with Crippen LogP contribution < -0.4 is 5.73 Å². The van der Waals surface area contributed by atoms with Gasteiger partial charge in [0.15, 0.2) is 11.6 Å². The van der Waals surface area contributed by atoms with Gasteiger partial charge in [0.25, 0.3) is 0 Å². The van der Waals surface area contributed by atoms with Gasteiger partial charge in [-0.25, -0.2) is 8.78 Å². The lowest BCUT2D eigenvalue weighted by atomic mass is 10.0. The molecule has 2 amide bonds. The summed E-state index contributed by atoms with van der Waals surface area (Å²) in [6.45, 7) is -0.127.